The number of benzene rings is 1. The predicted molar refractivity (Wildman–Crippen MR) is 64.2 cm³/mol. The van der Waals surface area contributed by atoms with Crippen LogP contribution in [0.25, 0.3) is 0 Å². The summed E-state index contributed by atoms with van der Waals surface area (Å²) in [5.41, 5.74) is 0.904. The predicted octanol–water partition coefficient (Wildman–Crippen LogP) is 4.85. The fourth-order valence-electron chi connectivity index (χ4n) is 1.25. The van der Waals surface area contributed by atoms with Crippen LogP contribution in [-0.2, 0) is 4.74 Å². The monoisotopic (exact) mass is 296 g/mol. The van der Waals surface area contributed by atoms with Crippen molar-refractivity contribution < 1.29 is 4.74 Å². The van der Waals surface area contributed by atoms with E-state index in [2.05, 4.69) is 15.9 Å². The van der Waals surface area contributed by atoms with Crippen LogP contribution >= 0.6 is 39.1 Å². The first kappa shape index (κ1) is 12.3. The Balaban J connectivity index is 3.11. The highest BCUT2D eigenvalue weighted by atomic mass is 79.9. The number of halogens is 3. The molecule has 0 aliphatic rings. The zero-order valence-corrected chi connectivity index (χ0v) is 11.1. The van der Waals surface area contributed by atoms with Gasteiger partial charge in [-0.15, -0.1) is 0 Å². The number of hydrogen-bond acceptors (Lipinski definition) is 1. The SMILES string of the molecule is CCOC(C)c1c(Br)ccc(Cl)c1Cl. The minimum absolute atomic E-state index is 0.0550. The summed E-state index contributed by atoms with van der Waals surface area (Å²) in [6.45, 7) is 4.55. The lowest BCUT2D eigenvalue weighted by atomic mass is 10.1. The Bertz CT molecular complexity index is 328. The van der Waals surface area contributed by atoms with E-state index in [1.165, 1.54) is 0 Å². The molecule has 0 saturated heterocycles. The number of rotatable bonds is 3. The van der Waals surface area contributed by atoms with Crippen LogP contribution in [0.3, 0.4) is 0 Å². The van der Waals surface area contributed by atoms with Crippen LogP contribution in [0, 0.1) is 0 Å². The van der Waals surface area contributed by atoms with Gasteiger partial charge in [0.25, 0.3) is 0 Å². The summed E-state index contributed by atoms with van der Waals surface area (Å²) in [6.07, 6.45) is -0.0550. The second-order valence-electron chi connectivity index (χ2n) is 2.85. The van der Waals surface area contributed by atoms with Crippen LogP contribution in [0.5, 0.6) is 0 Å². The molecule has 1 unspecified atom stereocenters. The van der Waals surface area contributed by atoms with E-state index in [-0.39, 0.29) is 6.10 Å². The molecule has 4 heteroatoms. The van der Waals surface area contributed by atoms with Crippen molar-refractivity contribution in [3.8, 4) is 0 Å². The maximum Gasteiger partial charge on any atom is 0.0822 e. The van der Waals surface area contributed by atoms with E-state index in [1.54, 1.807) is 6.07 Å². The summed E-state index contributed by atoms with van der Waals surface area (Å²) in [5.74, 6) is 0. The Morgan fingerprint density at radius 3 is 2.64 bits per heavy atom. The largest absolute Gasteiger partial charge is 0.374 e. The number of ether oxygens (including phenoxy) is 1. The van der Waals surface area contributed by atoms with Crippen molar-refractivity contribution in [3.05, 3.63) is 32.2 Å². The molecule has 0 spiro atoms. The summed E-state index contributed by atoms with van der Waals surface area (Å²) in [4.78, 5) is 0. The van der Waals surface area contributed by atoms with Crippen molar-refractivity contribution >= 4 is 39.1 Å². The van der Waals surface area contributed by atoms with Crippen LogP contribution in [0.4, 0.5) is 0 Å². The molecule has 0 saturated carbocycles. The van der Waals surface area contributed by atoms with E-state index in [9.17, 15) is 0 Å². The van der Waals surface area contributed by atoms with Gasteiger partial charge in [-0.25, -0.2) is 0 Å². The normalized spacial score (nSPS) is 12.9. The van der Waals surface area contributed by atoms with Crippen molar-refractivity contribution in [2.75, 3.05) is 6.61 Å². The Labute approximate surface area is 102 Å². The van der Waals surface area contributed by atoms with Gasteiger partial charge in [0.2, 0.25) is 0 Å². The molecule has 0 N–H and O–H groups in total. The van der Waals surface area contributed by atoms with Crippen molar-refractivity contribution in [1.82, 2.24) is 0 Å². The lowest BCUT2D eigenvalue weighted by molar-refractivity contribution is 0.0760. The van der Waals surface area contributed by atoms with Gasteiger partial charge in [0, 0.05) is 16.6 Å². The van der Waals surface area contributed by atoms with Crippen LogP contribution in [0.2, 0.25) is 10.0 Å². The third kappa shape index (κ3) is 2.63. The molecule has 0 fully saturated rings. The van der Waals surface area contributed by atoms with Gasteiger partial charge in [0.05, 0.1) is 16.1 Å². The van der Waals surface area contributed by atoms with Gasteiger partial charge in [0.15, 0.2) is 0 Å². The van der Waals surface area contributed by atoms with Crippen LogP contribution < -0.4 is 0 Å². The summed E-state index contributed by atoms with van der Waals surface area (Å²) in [7, 11) is 0. The highest BCUT2D eigenvalue weighted by molar-refractivity contribution is 9.10. The summed E-state index contributed by atoms with van der Waals surface area (Å²) in [6, 6.07) is 3.63. The van der Waals surface area contributed by atoms with Crippen LogP contribution in [0.1, 0.15) is 25.5 Å². The smallest absolute Gasteiger partial charge is 0.0822 e. The topological polar surface area (TPSA) is 9.23 Å². The molecule has 0 bridgehead atoms. The van der Waals surface area contributed by atoms with Crippen LogP contribution in [-0.4, -0.2) is 6.61 Å². The number of hydrogen-bond donors (Lipinski definition) is 0. The van der Waals surface area contributed by atoms with Gasteiger partial charge in [0.1, 0.15) is 0 Å². The van der Waals surface area contributed by atoms with E-state index in [1.807, 2.05) is 19.9 Å². The Morgan fingerprint density at radius 2 is 2.07 bits per heavy atom. The first-order chi connectivity index (χ1) is 6.57. The minimum Gasteiger partial charge on any atom is -0.374 e. The fraction of sp³-hybridized carbons (Fsp3) is 0.400. The van der Waals surface area contributed by atoms with E-state index >= 15 is 0 Å². The average Bonchev–Trinajstić information content (AvgIpc) is 2.13. The molecule has 0 aromatic heterocycles. The molecule has 1 nitrogen and oxygen atoms in total. The maximum absolute atomic E-state index is 6.09. The molecular formula is C10H11BrCl2O. The van der Waals surface area contributed by atoms with Gasteiger partial charge in [-0.2, -0.15) is 0 Å². The summed E-state index contributed by atoms with van der Waals surface area (Å²) < 4.78 is 6.40. The molecule has 1 aromatic carbocycles. The van der Waals surface area contributed by atoms with Gasteiger partial charge >= 0.3 is 0 Å². The standard InChI is InChI=1S/C10H11BrCl2O/c1-3-14-6(2)9-7(11)4-5-8(12)10(9)13/h4-6H,3H2,1-2H3. The van der Waals surface area contributed by atoms with E-state index in [0.29, 0.717) is 16.7 Å². The van der Waals surface area contributed by atoms with Gasteiger partial charge in [-0.1, -0.05) is 39.1 Å². The molecule has 0 heterocycles. The van der Waals surface area contributed by atoms with Gasteiger partial charge in [-0.05, 0) is 26.0 Å². The third-order valence-corrected chi connectivity index (χ3v) is 3.41. The summed E-state index contributed by atoms with van der Waals surface area (Å²) in [5, 5.41) is 1.11. The van der Waals surface area contributed by atoms with Crippen molar-refractivity contribution in [2.24, 2.45) is 0 Å². The van der Waals surface area contributed by atoms with Crippen molar-refractivity contribution in [3.63, 3.8) is 0 Å². The van der Waals surface area contributed by atoms with Crippen LogP contribution in [0.15, 0.2) is 16.6 Å². The molecule has 1 rings (SSSR count). The highest BCUT2D eigenvalue weighted by Gasteiger charge is 2.15. The highest BCUT2D eigenvalue weighted by Crippen LogP contribution is 2.36. The maximum atomic E-state index is 6.09. The van der Waals surface area contributed by atoms with Crippen molar-refractivity contribution in [1.29, 1.82) is 0 Å². The molecule has 78 valence electrons. The Kier molecular flexibility index (Phi) is 4.71. The second-order valence-corrected chi connectivity index (χ2v) is 4.49. The molecule has 0 radical (unpaired) electrons. The molecule has 0 aliphatic heterocycles. The average molecular weight is 298 g/mol. The zero-order valence-electron chi connectivity index (χ0n) is 7.98. The van der Waals surface area contributed by atoms with Crippen molar-refractivity contribution in [2.45, 2.75) is 20.0 Å². The Morgan fingerprint density at radius 1 is 1.43 bits per heavy atom. The summed E-state index contributed by atoms with van der Waals surface area (Å²) >= 11 is 15.4. The van der Waals surface area contributed by atoms with E-state index < -0.39 is 0 Å². The molecular weight excluding hydrogens is 287 g/mol. The second kappa shape index (κ2) is 5.36. The van der Waals surface area contributed by atoms with Gasteiger partial charge < -0.3 is 4.74 Å². The lowest BCUT2D eigenvalue weighted by Crippen LogP contribution is -2.01. The minimum atomic E-state index is -0.0550. The molecule has 1 aromatic rings. The fourth-order valence-corrected chi connectivity index (χ4v) is 2.50. The zero-order chi connectivity index (χ0) is 10.7. The lowest BCUT2D eigenvalue weighted by Gasteiger charge is -2.16. The molecule has 0 amide bonds. The third-order valence-electron chi connectivity index (χ3n) is 1.90. The first-order valence-electron chi connectivity index (χ1n) is 4.33. The Hall–Kier alpha value is 0.240. The van der Waals surface area contributed by atoms with E-state index in [0.717, 1.165) is 10.0 Å². The van der Waals surface area contributed by atoms with Gasteiger partial charge in [-0.3, -0.25) is 0 Å². The molecule has 1 atom stereocenters. The van der Waals surface area contributed by atoms with E-state index in [4.69, 9.17) is 27.9 Å². The first-order valence-corrected chi connectivity index (χ1v) is 5.87. The molecule has 0 aliphatic carbocycles. The quantitative estimate of drug-likeness (QED) is 0.725. The molecule has 14 heavy (non-hydrogen) atoms.